The average Bonchev–Trinajstić information content (AvgIpc) is 3.67. The molecule has 1 aliphatic heterocycles. The van der Waals surface area contributed by atoms with Crippen molar-refractivity contribution >= 4 is 11.5 Å². The predicted octanol–water partition coefficient (Wildman–Crippen LogP) is 3.33. The Labute approximate surface area is 169 Å². The number of imidazole rings is 1. The normalized spacial score (nSPS) is 21.6. The number of anilines is 1. The van der Waals surface area contributed by atoms with E-state index in [0.29, 0.717) is 17.9 Å². The Bertz CT molecular complexity index is 1060. The third-order valence-electron chi connectivity index (χ3n) is 6.24. The highest BCUT2D eigenvalue weighted by Crippen LogP contribution is 2.44. The van der Waals surface area contributed by atoms with Crippen LogP contribution in [-0.2, 0) is 0 Å². The zero-order valence-corrected chi connectivity index (χ0v) is 16.7. The summed E-state index contributed by atoms with van der Waals surface area (Å²) >= 11 is 0. The van der Waals surface area contributed by atoms with E-state index in [2.05, 4.69) is 27.8 Å². The molecule has 7 nitrogen and oxygen atoms in total. The number of hydrogen-bond donors (Lipinski definition) is 2. The lowest BCUT2D eigenvalue weighted by Gasteiger charge is -2.15. The maximum absolute atomic E-state index is 5.57. The second-order valence-electron chi connectivity index (χ2n) is 8.56. The van der Waals surface area contributed by atoms with Crippen LogP contribution in [0.1, 0.15) is 55.2 Å². The minimum atomic E-state index is 0.441. The minimum Gasteiger partial charge on any atom is -0.495 e. The molecule has 6 rings (SSSR count). The Hall–Kier alpha value is -2.67. The third kappa shape index (κ3) is 3.23. The van der Waals surface area contributed by atoms with E-state index in [1.807, 2.05) is 16.8 Å². The quantitative estimate of drug-likeness (QED) is 0.672. The molecular formula is C22H26N6O. The first kappa shape index (κ1) is 17.2. The van der Waals surface area contributed by atoms with Crippen molar-refractivity contribution in [3.63, 3.8) is 0 Å². The first-order valence-corrected chi connectivity index (χ1v) is 10.7. The molecule has 1 saturated heterocycles. The minimum absolute atomic E-state index is 0.441. The van der Waals surface area contributed by atoms with Gasteiger partial charge in [0.2, 0.25) is 0 Å². The lowest BCUT2D eigenvalue weighted by atomic mass is 10.1. The van der Waals surface area contributed by atoms with Gasteiger partial charge >= 0.3 is 0 Å². The molecule has 0 spiro atoms. The smallest absolute Gasteiger partial charge is 0.157 e. The fourth-order valence-corrected chi connectivity index (χ4v) is 4.29. The van der Waals surface area contributed by atoms with E-state index >= 15 is 0 Å². The van der Waals surface area contributed by atoms with Gasteiger partial charge in [0.15, 0.2) is 5.65 Å². The summed E-state index contributed by atoms with van der Waals surface area (Å²) in [7, 11) is 1.71. The van der Waals surface area contributed by atoms with E-state index in [0.717, 1.165) is 53.8 Å². The van der Waals surface area contributed by atoms with E-state index in [4.69, 9.17) is 14.8 Å². The highest BCUT2D eigenvalue weighted by Gasteiger charge is 2.30. The number of hydrogen-bond acceptors (Lipinski definition) is 6. The average molecular weight is 390 g/mol. The molecule has 2 aliphatic carbocycles. The van der Waals surface area contributed by atoms with E-state index in [-0.39, 0.29) is 0 Å². The fourth-order valence-electron chi connectivity index (χ4n) is 4.29. The van der Waals surface area contributed by atoms with Crippen LogP contribution in [0.15, 0.2) is 24.4 Å². The summed E-state index contributed by atoms with van der Waals surface area (Å²) < 4.78 is 7.52. The van der Waals surface area contributed by atoms with Crippen LogP contribution in [0.5, 0.6) is 5.75 Å². The van der Waals surface area contributed by atoms with Gasteiger partial charge in [0.25, 0.3) is 0 Å². The van der Waals surface area contributed by atoms with E-state index in [9.17, 15) is 0 Å². The van der Waals surface area contributed by atoms with Gasteiger partial charge in [0.05, 0.1) is 19.0 Å². The van der Waals surface area contributed by atoms with Crippen LogP contribution in [-0.4, -0.2) is 45.8 Å². The van der Waals surface area contributed by atoms with Crippen molar-refractivity contribution in [3.05, 3.63) is 35.7 Å². The third-order valence-corrected chi connectivity index (χ3v) is 6.24. The van der Waals surface area contributed by atoms with Crippen LogP contribution >= 0.6 is 0 Å². The van der Waals surface area contributed by atoms with Gasteiger partial charge in [-0.3, -0.25) is 0 Å². The van der Waals surface area contributed by atoms with Crippen molar-refractivity contribution in [3.8, 4) is 17.1 Å². The predicted molar refractivity (Wildman–Crippen MR) is 112 cm³/mol. The number of aromatic nitrogens is 4. The molecule has 2 N–H and O–H groups in total. The fraction of sp³-hybridized carbons (Fsp3) is 0.500. The Morgan fingerprint density at radius 1 is 1.10 bits per heavy atom. The van der Waals surface area contributed by atoms with Gasteiger partial charge in [-0.1, -0.05) is 0 Å². The topological polar surface area (TPSA) is 76.4 Å². The molecule has 1 atom stereocenters. The highest BCUT2D eigenvalue weighted by molar-refractivity contribution is 5.64. The summed E-state index contributed by atoms with van der Waals surface area (Å²) in [5.41, 5.74) is 5.09. The molecule has 3 aliphatic rings. The van der Waals surface area contributed by atoms with Gasteiger partial charge in [-0.25, -0.2) is 14.5 Å². The van der Waals surface area contributed by atoms with Crippen LogP contribution in [0.4, 0.5) is 5.82 Å². The molecule has 0 aromatic carbocycles. The molecule has 3 aromatic rings. The van der Waals surface area contributed by atoms with Crippen molar-refractivity contribution in [1.29, 1.82) is 0 Å². The molecule has 150 valence electrons. The van der Waals surface area contributed by atoms with Crippen LogP contribution in [0.2, 0.25) is 0 Å². The second kappa shape index (κ2) is 6.69. The molecule has 4 heterocycles. The first-order valence-electron chi connectivity index (χ1n) is 10.7. The Kier molecular flexibility index (Phi) is 3.97. The zero-order valence-electron chi connectivity index (χ0n) is 16.7. The number of pyridine rings is 1. The van der Waals surface area contributed by atoms with Crippen molar-refractivity contribution in [2.24, 2.45) is 0 Å². The zero-order chi connectivity index (χ0) is 19.4. The molecule has 0 amide bonds. The van der Waals surface area contributed by atoms with Gasteiger partial charge < -0.3 is 15.4 Å². The van der Waals surface area contributed by atoms with Gasteiger partial charge in [-0.2, -0.15) is 5.10 Å². The van der Waals surface area contributed by atoms with Crippen molar-refractivity contribution in [2.45, 2.75) is 50.0 Å². The van der Waals surface area contributed by atoms with Crippen LogP contribution in [0, 0.1) is 0 Å². The lowest BCUT2D eigenvalue weighted by Crippen LogP contribution is -2.22. The molecule has 3 aromatic heterocycles. The maximum atomic E-state index is 5.57. The number of ether oxygens (including phenoxy) is 1. The summed E-state index contributed by atoms with van der Waals surface area (Å²) in [5.74, 6) is 2.97. The van der Waals surface area contributed by atoms with Gasteiger partial charge in [-0.15, -0.1) is 0 Å². The van der Waals surface area contributed by atoms with Crippen molar-refractivity contribution in [2.75, 3.05) is 25.5 Å². The van der Waals surface area contributed by atoms with E-state index < -0.39 is 0 Å². The summed E-state index contributed by atoms with van der Waals surface area (Å²) in [4.78, 5) is 9.56. The number of fused-ring (bicyclic) bond motifs is 1. The molecule has 0 radical (unpaired) electrons. The van der Waals surface area contributed by atoms with Crippen LogP contribution in [0.3, 0.4) is 0 Å². The number of nitrogens with one attached hydrogen (secondary N) is 2. The van der Waals surface area contributed by atoms with E-state index in [1.54, 1.807) is 7.11 Å². The van der Waals surface area contributed by atoms with Crippen molar-refractivity contribution in [1.82, 2.24) is 24.9 Å². The Morgan fingerprint density at radius 3 is 2.69 bits per heavy atom. The number of rotatable bonds is 6. The Morgan fingerprint density at radius 2 is 1.97 bits per heavy atom. The molecule has 7 heteroatoms. The molecule has 2 saturated carbocycles. The van der Waals surface area contributed by atoms with Crippen molar-refractivity contribution < 1.29 is 4.74 Å². The van der Waals surface area contributed by atoms with Crippen LogP contribution < -0.4 is 15.4 Å². The molecule has 0 bridgehead atoms. The summed E-state index contributed by atoms with van der Waals surface area (Å²) in [6, 6.07) is 6.89. The van der Waals surface area contributed by atoms with Crippen LogP contribution in [0.25, 0.3) is 17.0 Å². The van der Waals surface area contributed by atoms with E-state index in [1.165, 1.54) is 31.2 Å². The largest absolute Gasteiger partial charge is 0.495 e. The number of nitrogens with zero attached hydrogens (tertiary/aromatic N) is 4. The van der Waals surface area contributed by atoms with Gasteiger partial charge in [-0.05, 0) is 62.3 Å². The number of methoxy groups -OCH3 is 1. The SMILES string of the molecule is COc1cc2ncc(-c3cc(C4CC4)cc(N[C@@H]4CCNC4)n3)n2nc1C1CC1. The highest BCUT2D eigenvalue weighted by atomic mass is 16.5. The van der Waals surface area contributed by atoms with Gasteiger partial charge in [0, 0.05) is 24.6 Å². The second-order valence-corrected chi connectivity index (χ2v) is 8.56. The standard InChI is InChI=1S/C22H26N6O/c1-29-19-10-21-24-12-18(28(21)27-22(19)14-4-5-14)17-8-15(13-2-3-13)9-20(26-17)25-16-6-7-23-11-16/h8-10,12-14,16,23H,2-7,11H2,1H3,(H,25,26)/t16-/m1/s1. The molecule has 3 fully saturated rings. The summed E-state index contributed by atoms with van der Waals surface area (Å²) in [6.45, 7) is 2.06. The maximum Gasteiger partial charge on any atom is 0.157 e. The summed E-state index contributed by atoms with van der Waals surface area (Å²) in [6.07, 6.45) is 7.91. The monoisotopic (exact) mass is 390 g/mol. The Balaban J connectivity index is 1.44. The molecule has 0 unspecified atom stereocenters. The summed E-state index contributed by atoms with van der Waals surface area (Å²) in [5, 5.41) is 12.0. The first-order chi connectivity index (χ1) is 14.3. The lowest BCUT2D eigenvalue weighted by molar-refractivity contribution is 0.405. The molecule has 29 heavy (non-hydrogen) atoms. The molecular weight excluding hydrogens is 364 g/mol. The van der Waals surface area contributed by atoms with Gasteiger partial charge in [0.1, 0.15) is 23.0 Å².